The molecule has 78 heavy (non-hydrogen) atoms. The Balaban J connectivity index is 0.000000208. The zero-order valence-electron chi connectivity index (χ0n) is 45.6. The quantitative estimate of drug-likeness (QED) is 0.0638. The van der Waals surface area contributed by atoms with Crippen molar-refractivity contribution in [1.29, 1.82) is 0 Å². The minimum absolute atomic E-state index is 0. The first-order valence-electron chi connectivity index (χ1n) is 25.4. The summed E-state index contributed by atoms with van der Waals surface area (Å²) < 4.78 is 26.0. The fourth-order valence-electron chi connectivity index (χ4n) is 9.17. The van der Waals surface area contributed by atoms with E-state index in [1.807, 2.05) is 133 Å². The third-order valence-electron chi connectivity index (χ3n) is 13.7. The monoisotopic (exact) mass is 1210 g/mol. The molecule has 2 aliphatic rings. The topological polar surface area (TPSA) is 131 Å². The van der Waals surface area contributed by atoms with E-state index in [-0.39, 0.29) is 54.5 Å². The number of ether oxygens (including phenoxy) is 4. The van der Waals surface area contributed by atoms with Crippen LogP contribution in [0.3, 0.4) is 0 Å². The molecule has 0 saturated carbocycles. The summed E-state index contributed by atoms with van der Waals surface area (Å²) >= 11 is 12.5. The summed E-state index contributed by atoms with van der Waals surface area (Å²) in [5.74, 6) is 3.27. The number of nitrogens with zero attached hydrogens (tertiary/aromatic N) is 7. The van der Waals surface area contributed by atoms with Gasteiger partial charge in [-0.15, -0.1) is 0 Å². The average molecular weight is 1210 g/mol. The van der Waals surface area contributed by atoms with Crippen LogP contribution in [0.25, 0.3) is 22.5 Å². The van der Waals surface area contributed by atoms with Gasteiger partial charge in [0.2, 0.25) is 0 Å². The fourth-order valence-corrected chi connectivity index (χ4v) is 10.1. The first-order valence-corrected chi connectivity index (χ1v) is 27.4. The predicted octanol–water partition coefficient (Wildman–Crippen LogP) is 11.0. The number of aromatic amines is 1. The van der Waals surface area contributed by atoms with Crippen molar-refractivity contribution < 1.29 is 59.5 Å². The third-order valence-corrected chi connectivity index (χ3v) is 15.3. The average Bonchev–Trinajstić information content (AvgIpc) is 4.22. The number of methoxy groups -OCH3 is 2. The van der Waals surface area contributed by atoms with Crippen LogP contribution in [-0.2, 0) is 13.2 Å². The fraction of sp³-hybridized carbons (Fsp3) is 0.267. The maximum atomic E-state index is 13.3. The number of benzene rings is 6. The van der Waals surface area contributed by atoms with E-state index in [1.54, 1.807) is 55.8 Å². The summed E-state index contributed by atoms with van der Waals surface area (Å²) in [6, 6.07) is 48.6. The summed E-state index contributed by atoms with van der Waals surface area (Å²) in [5.41, 5.74) is 8.25. The number of piperidine rings is 2. The normalized spacial score (nSPS) is 13.4. The maximum absolute atomic E-state index is 13.3. The van der Waals surface area contributed by atoms with Crippen molar-refractivity contribution in [1.82, 2.24) is 29.3 Å². The number of aromatic nitrogens is 4. The van der Waals surface area contributed by atoms with E-state index >= 15 is 0 Å². The molecule has 0 spiro atoms. The number of hydrogen-bond acceptors (Lipinski definition) is 10. The number of imidazole rings is 2. The Morgan fingerprint density at radius 2 is 1.14 bits per heavy atom. The van der Waals surface area contributed by atoms with Gasteiger partial charge in [0, 0.05) is 93.2 Å². The number of hydrogen-bond donors (Lipinski definition) is 1. The van der Waals surface area contributed by atoms with Crippen LogP contribution in [0.5, 0.6) is 23.0 Å². The minimum Gasteiger partial charge on any atom is -1.00 e. The number of rotatable bonds is 14. The number of halogens is 3. The molecule has 2 fully saturated rings. The Hall–Kier alpha value is -6.27. The van der Waals surface area contributed by atoms with E-state index < -0.39 is 0 Å². The molecule has 14 nitrogen and oxygen atoms in total. The number of nitrogens with one attached hydrogen (secondary N) is 1. The molecule has 0 unspecified atom stereocenters. The molecule has 2 aliphatic heterocycles. The van der Waals surface area contributed by atoms with Gasteiger partial charge in [-0.1, -0.05) is 84.9 Å². The molecule has 0 atom stereocenters. The van der Waals surface area contributed by atoms with Crippen molar-refractivity contribution in [2.75, 3.05) is 64.3 Å². The molecule has 2 aromatic heterocycles. The molecule has 8 aromatic rings. The van der Waals surface area contributed by atoms with Crippen LogP contribution in [0.4, 0.5) is 21.0 Å². The molecule has 0 bridgehead atoms. The number of H-pyrrole nitrogens is 1. The molecule has 6 aromatic carbocycles. The Bertz CT molecular complexity index is 3150. The van der Waals surface area contributed by atoms with Gasteiger partial charge < -0.3 is 45.0 Å². The van der Waals surface area contributed by atoms with Gasteiger partial charge in [0.05, 0.1) is 47.1 Å². The Labute approximate surface area is 502 Å². The maximum Gasteiger partial charge on any atom is 1.00 e. The Morgan fingerprint density at radius 3 is 1.62 bits per heavy atom. The molecule has 0 radical (unpaired) electrons. The van der Waals surface area contributed by atoms with Crippen LogP contribution in [0, 0.1) is 0 Å². The molecular formula is C60H64Br2ClN8NaO6. The van der Waals surface area contributed by atoms with Gasteiger partial charge in [-0.3, -0.25) is 9.36 Å². The first kappa shape index (κ1) is 59.4. The van der Waals surface area contributed by atoms with Crippen LogP contribution >= 0.6 is 43.5 Å². The summed E-state index contributed by atoms with van der Waals surface area (Å²) in [7, 11) is 6.98. The molecule has 2 amide bonds. The van der Waals surface area contributed by atoms with Gasteiger partial charge in [-0.2, -0.15) is 0 Å². The van der Waals surface area contributed by atoms with E-state index in [4.69, 9.17) is 30.5 Å². The number of amides is 2. The SMILES string of the molecule is COc1cc(N2CCC(N(C)C(=O)Cl)CC2)ccc1Br.COc1cc(N2CCC(N(C)C(=O)n3cnc(-c4cccc(OCc5ccccc5)c4)c3)CC2)ccc1Br.[H-].[Na+].c1ccc(COc2cccc(-c3cnc[nH]3)c2)cc1. The number of carbonyl (C=O) groups excluding carboxylic acids is 2. The summed E-state index contributed by atoms with van der Waals surface area (Å²) in [5, 5.41) is -0.381. The van der Waals surface area contributed by atoms with E-state index in [1.165, 1.54) is 0 Å². The van der Waals surface area contributed by atoms with Crippen LogP contribution in [0.15, 0.2) is 180 Å². The second kappa shape index (κ2) is 29.6. The van der Waals surface area contributed by atoms with Crippen molar-refractivity contribution in [2.45, 2.75) is 51.0 Å². The van der Waals surface area contributed by atoms with E-state index in [0.29, 0.717) is 13.2 Å². The van der Waals surface area contributed by atoms with Crippen LogP contribution in [0.2, 0.25) is 0 Å². The van der Waals surface area contributed by atoms with Gasteiger partial charge in [0.15, 0.2) is 0 Å². The standard InChI is InChI=1S/C30H31BrN4O3.C16H14N2O.C14H18BrClN2O2.Na.H/c1-33(24-13-15-34(16-14-24)25-11-12-27(31)29(18-25)37-2)30(36)35-19-28(32-21-35)23-9-6-10-26(17-23)38-20-22-7-4-3-5-8-22;1-2-5-13(6-3-1)11-19-15-8-4-7-14(9-15)16-10-17-12-18-16;1-17(14(16)19)10-5-7-18(8-6-10)11-3-4-12(15)13(9-11)20-2;;/h3-12,17-19,21,24H,13-16,20H2,1-2H3;1-10,12H,11H2,(H,17,18);3-4,9-10H,5-8H2,1-2H3;;/q;;;+1;-1. The summed E-state index contributed by atoms with van der Waals surface area (Å²) in [4.78, 5) is 44.2. The summed E-state index contributed by atoms with van der Waals surface area (Å²) in [6.45, 7) is 4.63. The van der Waals surface area contributed by atoms with Crippen molar-refractivity contribution >= 4 is 66.2 Å². The van der Waals surface area contributed by atoms with Gasteiger partial charge in [0.1, 0.15) is 42.5 Å². The zero-order chi connectivity index (χ0) is 54.1. The molecule has 10 rings (SSSR count). The molecule has 0 aliphatic carbocycles. The molecule has 402 valence electrons. The predicted molar refractivity (Wildman–Crippen MR) is 314 cm³/mol. The van der Waals surface area contributed by atoms with Gasteiger partial charge in [-0.25, -0.2) is 14.8 Å². The molecule has 18 heteroatoms. The molecule has 2 saturated heterocycles. The van der Waals surface area contributed by atoms with E-state index in [2.05, 4.69) is 80.9 Å². The third kappa shape index (κ3) is 16.4. The van der Waals surface area contributed by atoms with Gasteiger partial charge in [0.25, 0.3) is 0 Å². The second-order valence-corrected chi connectivity index (χ2v) is 20.6. The Kier molecular flexibility index (Phi) is 22.6. The first-order chi connectivity index (χ1) is 37.5. The van der Waals surface area contributed by atoms with E-state index in [9.17, 15) is 9.59 Å². The minimum atomic E-state index is -0.381. The largest absolute Gasteiger partial charge is 1.00 e. The number of carbonyl (C=O) groups is 2. The molecular weight excluding hydrogens is 1150 g/mol. The molecule has 1 N–H and O–H groups in total. The van der Waals surface area contributed by atoms with Crippen LogP contribution in [-0.4, -0.2) is 107 Å². The zero-order valence-corrected chi connectivity index (χ0v) is 50.5. The summed E-state index contributed by atoms with van der Waals surface area (Å²) in [6.07, 6.45) is 10.5. The van der Waals surface area contributed by atoms with Crippen molar-refractivity contribution in [2.24, 2.45) is 0 Å². The van der Waals surface area contributed by atoms with Crippen molar-refractivity contribution in [3.63, 3.8) is 0 Å². The van der Waals surface area contributed by atoms with Crippen molar-refractivity contribution in [3.8, 4) is 45.5 Å². The second-order valence-electron chi connectivity index (χ2n) is 18.6. The molecule has 4 heterocycles. The van der Waals surface area contributed by atoms with Gasteiger partial charge >= 0.3 is 41.0 Å². The Morgan fingerprint density at radius 1 is 0.654 bits per heavy atom. The van der Waals surface area contributed by atoms with Gasteiger partial charge in [-0.05, 0) is 129 Å². The van der Waals surface area contributed by atoms with Crippen molar-refractivity contribution in [3.05, 3.63) is 191 Å². The smallest absolute Gasteiger partial charge is 1.00 e. The van der Waals surface area contributed by atoms with Crippen LogP contribution < -0.4 is 58.3 Å². The number of anilines is 2. The van der Waals surface area contributed by atoms with E-state index in [0.717, 1.165) is 129 Å². The van der Waals surface area contributed by atoms with Crippen LogP contribution in [0.1, 0.15) is 38.2 Å².